The first kappa shape index (κ1) is 20.0. The fourth-order valence-electron chi connectivity index (χ4n) is 3.02. The number of ether oxygens (including phenoxy) is 2. The van der Waals surface area contributed by atoms with Crippen molar-refractivity contribution in [3.8, 4) is 17.0 Å². The average Bonchev–Trinajstić information content (AvgIpc) is 2.72. The van der Waals surface area contributed by atoms with Gasteiger partial charge in [-0.15, -0.1) is 0 Å². The smallest absolute Gasteiger partial charge is 0.345 e. The highest BCUT2D eigenvalue weighted by atomic mass is 16.5. The molecular weight excluding hydrogens is 360 g/mol. The zero-order valence-electron chi connectivity index (χ0n) is 16.1. The van der Waals surface area contributed by atoms with Crippen LogP contribution >= 0.6 is 0 Å². The third kappa shape index (κ3) is 4.56. The van der Waals surface area contributed by atoms with Crippen LogP contribution in [0.5, 0.6) is 5.75 Å². The van der Waals surface area contributed by atoms with E-state index in [0.717, 1.165) is 5.39 Å². The number of methoxy groups -OCH3 is 2. The summed E-state index contributed by atoms with van der Waals surface area (Å²) < 4.78 is 16.0. The molecule has 0 fully saturated rings. The number of pyridine rings is 1. The van der Waals surface area contributed by atoms with Crippen LogP contribution in [0.15, 0.2) is 51.8 Å². The second-order valence-corrected chi connectivity index (χ2v) is 6.41. The highest BCUT2D eigenvalue weighted by Crippen LogP contribution is 2.29. The molecule has 1 N–H and O–H groups in total. The van der Waals surface area contributed by atoms with Gasteiger partial charge in [-0.05, 0) is 30.3 Å². The van der Waals surface area contributed by atoms with Crippen LogP contribution in [0.3, 0.4) is 0 Å². The van der Waals surface area contributed by atoms with Crippen LogP contribution in [0.1, 0.15) is 5.56 Å². The maximum absolute atomic E-state index is 12.6. The number of benzene rings is 1. The number of hydrogen-bond acceptors (Lipinski definition) is 7. The molecule has 7 heteroatoms. The highest BCUT2D eigenvalue weighted by Gasteiger charge is 2.17. The minimum atomic E-state index is -0.488. The van der Waals surface area contributed by atoms with Crippen molar-refractivity contribution in [2.24, 2.45) is 0 Å². The van der Waals surface area contributed by atoms with Crippen molar-refractivity contribution in [1.29, 1.82) is 0 Å². The first-order valence-electron chi connectivity index (χ1n) is 9.04. The standard InChI is InChI=1S/C21H24N2O5/c1-26-11-9-23(10-12-27-2)14-17-19(24)7-6-15-13-16(21(25)28-20(15)17)18-5-3-4-8-22-18/h3-8,13,24H,9-12,14H2,1-2H3. The Labute approximate surface area is 163 Å². The lowest BCUT2D eigenvalue weighted by atomic mass is 10.1. The summed E-state index contributed by atoms with van der Waals surface area (Å²) in [5.74, 6) is 0.0843. The van der Waals surface area contributed by atoms with Crippen molar-refractivity contribution in [3.05, 3.63) is 58.6 Å². The minimum Gasteiger partial charge on any atom is -0.507 e. The van der Waals surface area contributed by atoms with E-state index >= 15 is 0 Å². The number of phenolic OH excluding ortho intramolecular Hbond substituents is 1. The molecule has 3 rings (SSSR count). The van der Waals surface area contributed by atoms with Gasteiger partial charge >= 0.3 is 5.63 Å². The van der Waals surface area contributed by atoms with Crippen molar-refractivity contribution in [1.82, 2.24) is 9.88 Å². The van der Waals surface area contributed by atoms with Crippen molar-refractivity contribution < 1.29 is 19.0 Å². The Bertz CT molecular complexity index is 964. The van der Waals surface area contributed by atoms with Crippen LogP contribution < -0.4 is 5.63 Å². The van der Waals surface area contributed by atoms with Gasteiger partial charge < -0.3 is 19.0 Å². The summed E-state index contributed by atoms with van der Waals surface area (Å²) >= 11 is 0. The van der Waals surface area contributed by atoms with Crippen molar-refractivity contribution in [2.75, 3.05) is 40.5 Å². The van der Waals surface area contributed by atoms with Gasteiger partial charge in [-0.2, -0.15) is 0 Å². The lowest BCUT2D eigenvalue weighted by Gasteiger charge is -2.22. The second kappa shape index (κ2) is 9.45. The zero-order valence-corrected chi connectivity index (χ0v) is 16.1. The molecule has 0 aliphatic rings. The van der Waals surface area contributed by atoms with E-state index in [1.807, 2.05) is 6.07 Å². The summed E-state index contributed by atoms with van der Waals surface area (Å²) in [4.78, 5) is 18.9. The maximum Gasteiger partial charge on any atom is 0.345 e. The summed E-state index contributed by atoms with van der Waals surface area (Å²) in [7, 11) is 3.28. The predicted octanol–water partition coefficient (Wildman–Crippen LogP) is 2.66. The monoisotopic (exact) mass is 384 g/mol. The zero-order chi connectivity index (χ0) is 19.9. The van der Waals surface area contributed by atoms with E-state index in [-0.39, 0.29) is 5.75 Å². The van der Waals surface area contributed by atoms with Gasteiger partial charge in [0, 0.05) is 45.4 Å². The number of hydrogen-bond donors (Lipinski definition) is 1. The first-order chi connectivity index (χ1) is 13.6. The number of fused-ring (bicyclic) bond motifs is 1. The Morgan fingerprint density at radius 2 is 1.86 bits per heavy atom. The van der Waals surface area contributed by atoms with Gasteiger partial charge in [0.05, 0.1) is 30.0 Å². The molecule has 7 nitrogen and oxygen atoms in total. The molecule has 2 heterocycles. The average molecular weight is 384 g/mol. The van der Waals surface area contributed by atoms with Gasteiger partial charge in [-0.25, -0.2) is 4.79 Å². The summed E-state index contributed by atoms with van der Waals surface area (Å²) in [6, 6.07) is 10.5. The lowest BCUT2D eigenvalue weighted by Crippen LogP contribution is -2.30. The van der Waals surface area contributed by atoms with Crippen molar-refractivity contribution >= 4 is 11.0 Å². The molecule has 0 atom stereocenters. The van der Waals surface area contributed by atoms with E-state index in [0.29, 0.717) is 55.3 Å². The summed E-state index contributed by atoms with van der Waals surface area (Å²) in [6.07, 6.45) is 1.63. The molecule has 0 amide bonds. The molecule has 1 aromatic carbocycles. The molecule has 0 bridgehead atoms. The van der Waals surface area contributed by atoms with Crippen LogP contribution in [0.4, 0.5) is 0 Å². The first-order valence-corrected chi connectivity index (χ1v) is 9.04. The Morgan fingerprint density at radius 3 is 2.50 bits per heavy atom. The van der Waals surface area contributed by atoms with Gasteiger partial charge in [0.15, 0.2) is 0 Å². The van der Waals surface area contributed by atoms with Crippen LogP contribution in [-0.4, -0.2) is 55.5 Å². The number of phenols is 1. The van der Waals surface area contributed by atoms with E-state index in [1.54, 1.807) is 50.7 Å². The molecule has 3 aromatic rings. The van der Waals surface area contributed by atoms with Gasteiger partial charge in [0.25, 0.3) is 0 Å². The van der Waals surface area contributed by atoms with E-state index < -0.39 is 5.63 Å². The van der Waals surface area contributed by atoms with Crippen LogP contribution in [0.25, 0.3) is 22.2 Å². The Kier molecular flexibility index (Phi) is 6.76. The van der Waals surface area contributed by atoms with Gasteiger partial charge in [0.1, 0.15) is 11.3 Å². The third-order valence-electron chi connectivity index (χ3n) is 4.53. The molecule has 28 heavy (non-hydrogen) atoms. The van der Waals surface area contributed by atoms with Gasteiger partial charge in [-0.1, -0.05) is 6.07 Å². The molecule has 0 unspecified atom stereocenters. The fraction of sp³-hybridized carbons (Fsp3) is 0.333. The van der Waals surface area contributed by atoms with Crippen molar-refractivity contribution in [2.45, 2.75) is 6.54 Å². The number of rotatable bonds is 9. The normalized spacial score (nSPS) is 11.4. The van der Waals surface area contributed by atoms with Crippen molar-refractivity contribution in [3.63, 3.8) is 0 Å². The molecule has 0 aliphatic heterocycles. The van der Waals surface area contributed by atoms with Gasteiger partial charge in [0.2, 0.25) is 0 Å². The quantitative estimate of drug-likeness (QED) is 0.568. The summed E-state index contributed by atoms with van der Waals surface area (Å²) in [6.45, 7) is 2.81. The maximum atomic E-state index is 12.6. The minimum absolute atomic E-state index is 0.0843. The van der Waals surface area contributed by atoms with Crippen LogP contribution in [0, 0.1) is 0 Å². The molecule has 0 aliphatic carbocycles. The fourth-order valence-corrected chi connectivity index (χ4v) is 3.02. The number of aromatic nitrogens is 1. The van der Waals surface area contributed by atoms with E-state index in [4.69, 9.17) is 13.9 Å². The Hall–Kier alpha value is -2.74. The van der Waals surface area contributed by atoms with E-state index in [1.165, 1.54) is 0 Å². The van der Waals surface area contributed by atoms with Crippen LogP contribution in [0.2, 0.25) is 0 Å². The van der Waals surface area contributed by atoms with Crippen LogP contribution in [-0.2, 0) is 16.0 Å². The largest absolute Gasteiger partial charge is 0.507 e. The van der Waals surface area contributed by atoms with Gasteiger partial charge in [-0.3, -0.25) is 9.88 Å². The molecule has 0 saturated heterocycles. The SMILES string of the molecule is COCCN(CCOC)Cc1c(O)ccc2cc(-c3ccccn3)c(=O)oc12. The molecule has 0 radical (unpaired) electrons. The summed E-state index contributed by atoms with van der Waals surface area (Å²) in [5.41, 5.74) is 1.40. The number of aromatic hydroxyl groups is 1. The van der Waals surface area contributed by atoms with E-state index in [2.05, 4.69) is 9.88 Å². The van der Waals surface area contributed by atoms with E-state index in [9.17, 15) is 9.90 Å². The summed E-state index contributed by atoms with van der Waals surface area (Å²) in [5, 5.41) is 11.2. The topological polar surface area (TPSA) is 85.0 Å². The molecule has 2 aromatic heterocycles. The predicted molar refractivity (Wildman–Crippen MR) is 106 cm³/mol. The Morgan fingerprint density at radius 1 is 1.11 bits per heavy atom. The molecule has 0 spiro atoms. The highest BCUT2D eigenvalue weighted by molar-refractivity contribution is 5.85. The third-order valence-corrected chi connectivity index (χ3v) is 4.53. The second-order valence-electron chi connectivity index (χ2n) is 6.41. The molecule has 0 saturated carbocycles. The Balaban J connectivity index is 2.01. The molecule has 148 valence electrons. The molecular formula is C21H24N2O5. The lowest BCUT2D eigenvalue weighted by molar-refractivity contribution is 0.110. The number of nitrogens with zero attached hydrogens (tertiary/aromatic N) is 2.